The molecule has 0 unspecified atom stereocenters. The van der Waals surface area contributed by atoms with Crippen LogP contribution in [0.2, 0.25) is 0 Å². The maximum Gasteiger partial charge on any atom is 0.232 e. The molecule has 2 aliphatic heterocycles. The molecule has 0 aromatic carbocycles. The fraction of sp³-hybridized carbons (Fsp3) is 0.545. The lowest BCUT2D eigenvalue weighted by Gasteiger charge is -2.31. The van der Waals surface area contributed by atoms with Crippen LogP contribution in [0.3, 0.4) is 0 Å². The van der Waals surface area contributed by atoms with Gasteiger partial charge in [0, 0.05) is 62.0 Å². The number of rotatable bonds is 5. The van der Waals surface area contributed by atoms with Crippen molar-refractivity contribution in [2.24, 2.45) is 5.73 Å². The zero-order valence-corrected chi connectivity index (χ0v) is 18.3. The van der Waals surface area contributed by atoms with Gasteiger partial charge in [-0.05, 0) is 39.5 Å². The summed E-state index contributed by atoms with van der Waals surface area (Å²) in [6, 6.07) is 4.71. The number of piperidine rings is 1. The largest absolute Gasteiger partial charge is 0.356 e. The highest BCUT2D eigenvalue weighted by atomic mass is 15.3. The van der Waals surface area contributed by atoms with Gasteiger partial charge in [0.25, 0.3) is 0 Å². The summed E-state index contributed by atoms with van der Waals surface area (Å²) in [5, 5.41) is 8.86. The second kappa shape index (κ2) is 8.30. The highest BCUT2D eigenvalue weighted by molar-refractivity contribution is 5.81. The Hall–Kier alpha value is -2.94. The zero-order chi connectivity index (χ0) is 21.4. The fourth-order valence-corrected chi connectivity index (χ4v) is 4.41. The number of hydrogen-bond donors (Lipinski definition) is 2. The van der Waals surface area contributed by atoms with Crippen molar-refractivity contribution in [3.8, 4) is 0 Å². The van der Waals surface area contributed by atoms with Crippen LogP contribution < -0.4 is 20.9 Å². The molecule has 0 atom stereocenters. The Morgan fingerprint density at radius 1 is 0.968 bits per heavy atom. The lowest BCUT2D eigenvalue weighted by molar-refractivity contribution is 0.498. The Labute approximate surface area is 182 Å². The molecule has 5 heterocycles. The summed E-state index contributed by atoms with van der Waals surface area (Å²) < 4.78 is 2.01. The third-order valence-corrected chi connectivity index (χ3v) is 6.20. The molecule has 0 aliphatic carbocycles. The molecule has 2 aliphatic rings. The first-order valence-corrected chi connectivity index (χ1v) is 11.3. The lowest BCUT2D eigenvalue weighted by atomic mass is 10.1. The number of aromatic nitrogens is 5. The van der Waals surface area contributed by atoms with Crippen molar-refractivity contribution in [3.05, 3.63) is 24.5 Å². The van der Waals surface area contributed by atoms with Gasteiger partial charge in [0.05, 0.1) is 11.7 Å². The minimum absolute atomic E-state index is 0.277. The van der Waals surface area contributed by atoms with Gasteiger partial charge in [-0.1, -0.05) is 0 Å². The van der Waals surface area contributed by atoms with Crippen molar-refractivity contribution in [3.63, 3.8) is 0 Å². The minimum atomic E-state index is 0.277. The number of hydrogen-bond acceptors (Lipinski definition) is 8. The van der Waals surface area contributed by atoms with Gasteiger partial charge in [-0.25, -0.2) is 4.98 Å². The smallest absolute Gasteiger partial charge is 0.232 e. The number of nitrogens with two attached hydrogens (primary N) is 1. The molecule has 0 spiro atoms. The van der Waals surface area contributed by atoms with E-state index in [2.05, 4.69) is 45.1 Å². The van der Waals surface area contributed by atoms with Crippen LogP contribution in [-0.4, -0.2) is 57.0 Å². The van der Waals surface area contributed by atoms with Crippen LogP contribution in [0.25, 0.3) is 10.9 Å². The molecule has 3 aromatic rings. The third kappa shape index (κ3) is 4.14. The quantitative estimate of drug-likeness (QED) is 0.648. The highest BCUT2D eigenvalue weighted by Crippen LogP contribution is 2.28. The molecular weight excluding hydrogens is 390 g/mol. The molecular formula is C22H31N9. The van der Waals surface area contributed by atoms with E-state index in [1.54, 1.807) is 0 Å². The summed E-state index contributed by atoms with van der Waals surface area (Å²) in [4.78, 5) is 18.9. The van der Waals surface area contributed by atoms with Crippen molar-refractivity contribution >= 4 is 34.3 Å². The lowest BCUT2D eigenvalue weighted by Crippen LogP contribution is -2.40. The fourth-order valence-electron chi connectivity index (χ4n) is 4.41. The first-order chi connectivity index (χ1) is 15.1. The topological polar surface area (TPSA) is 101 Å². The highest BCUT2D eigenvalue weighted by Gasteiger charge is 2.21. The Bertz CT molecular complexity index is 1050. The van der Waals surface area contributed by atoms with E-state index in [9.17, 15) is 0 Å². The van der Waals surface area contributed by atoms with Crippen molar-refractivity contribution in [1.29, 1.82) is 0 Å². The van der Waals surface area contributed by atoms with E-state index in [1.807, 2.05) is 23.1 Å². The Kier molecular flexibility index (Phi) is 5.35. The number of pyridine rings is 1. The molecule has 0 radical (unpaired) electrons. The third-order valence-electron chi connectivity index (χ3n) is 6.20. The second-order valence-corrected chi connectivity index (χ2v) is 8.86. The number of nitrogens with one attached hydrogen (secondary N) is 1. The van der Waals surface area contributed by atoms with Crippen LogP contribution in [0, 0.1) is 0 Å². The maximum absolute atomic E-state index is 6.11. The molecule has 3 N–H and O–H groups in total. The van der Waals surface area contributed by atoms with Crippen LogP contribution in [-0.2, 0) is 0 Å². The van der Waals surface area contributed by atoms with Crippen LogP contribution in [0.5, 0.6) is 0 Å². The van der Waals surface area contributed by atoms with E-state index < -0.39 is 0 Å². The summed E-state index contributed by atoms with van der Waals surface area (Å²) in [5.74, 6) is 3.24. The van der Waals surface area contributed by atoms with Crippen LogP contribution in [0.15, 0.2) is 24.5 Å². The first-order valence-electron chi connectivity index (χ1n) is 11.3. The molecule has 31 heavy (non-hydrogen) atoms. The van der Waals surface area contributed by atoms with E-state index >= 15 is 0 Å². The van der Waals surface area contributed by atoms with Crippen molar-refractivity contribution in [1.82, 2.24) is 24.7 Å². The first kappa shape index (κ1) is 20.0. The summed E-state index contributed by atoms with van der Waals surface area (Å²) in [6.45, 7) is 8.18. The van der Waals surface area contributed by atoms with Crippen molar-refractivity contribution < 1.29 is 0 Å². The van der Waals surface area contributed by atoms with Gasteiger partial charge in [0.1, 0.15) is 17.5 Å². The predicted molar refractivity (Wildman–Crippen MR) is 124 cm³/mol. The van der Waals surface area contributed by atoms with Crippen molar-refractivity contribution in [2.45, 2.75) is 51.6 Å². The number of nitrogens with zero attached hydrogens (tertiary/aromatic N) is 7. The average molecular weight is 422 g/mol. The van der Waals surface area contributed by atoms with Gasteiger partial charge in [-0.3, -0.25) is 4.68 Å². The molecule has 0 saturated carbocycles. The Balaban J connectivity index is 1.47. The van der Waals surface area contributed by atoms with Crippen LogP contribution in [0.4, 0.5) is 23.4 Å². The average Bonchev–Trinajstić information content (AvgIpc) is 3.44. The molecule has 0 amide bonds. The van der Waals surface area contributed by atoms with Crippen molar-refractivity contribution in [2.75, 3.05) is 41.3 Å². The van der Waals surface area contributed by atoms with E-state index in [-0.39, 0.29) is 12.1 Å². The van der Waals surface area contributed by atoms with Gasteiger partial charge in [-0.2, -0.15) is 15.1 Å². The number of anilines is 4. The van der Waals surface area contributed by atoms with E-state index in [4.69, 9.17) is 15.7 Å². The summed E-state index contributed by atoms with van der Waals surface area (Å²) in [6.07, 6.45) is 8.10. The molecule has 164 valence electrons. The molecule has 0 bridgehead atoms. The predicted octanol–water partition coefficient (Wildman–Crippen LogP) is 3.07. The van der Waals surface area contributed by atoms with E-state index in [0.717, 1.165) is 67.4 Å². The van der Waals surface area contributed by atoms with Gasteiger partial charge in [-0.15, -0.1) is 0 Å². The van der Waals surface area contributed by atoms with E-state index in [0.29, 0.717) is 5.95 Å². The van der Waals surface area contributed by atoms with Crippen LogP contribution >= 0.6 is 0 Å². The zero-order valence-electron chi connectivity index (χ0n) is 18.3. The molecule has 9 nitrogen and oxygen atoms in total. The van der Waals surface area contributed by atoms with E-state index in [1.165, 1.54) is 12.8 Å². The van der Waals surface area contributed by atoms with Crippen LogP contribution in [0.1, 0.15) is 45.6 Å². The minimum Gasteiger partial charge on any atom is -0.356 e. The van der Waals surface area contributed by atoms with Gasteiger partial charge >= 0.3 is 0 Å². The number of fused-ring (bicyclic) bond motifs is 1. The Morgan fingerprint density at radius 3 is 2.32 bits per heavy atom. The molecule has 3 aromatic heterocycles. The molecule has 2 fully saturated rings. The maximum atomic E-state index is 6.11. The summed E-state index contributed by atoms with van der Waals surface area (Å²) in [5.41, 5.74) is 7.16. The normalized spacial score (nSPS) is 17.8. The molecule has 9 heteroatoms. The van der Waals surface area contributed by atoms with Gasteiger partial charge < -0.3 is 20.9 Å². The van der Waals surface area contributed by atoms with Gasteiger partial charge in [0.15, 0.2) is 0 Å². The monoisotopic (exact) mass is 421 g/mol. The molecule has 2 saturated heterocycles. The SMILES string of the molecule is CC(C)n1ncc2cnc(Nc3nc(N4CCCC4)cc(N4CCC(N)CC4)n3)cc21. The van der Waals surface area contributed by atoms with Gasteiger partial charge in [0.2, 0.25) is 5.95 Å². The Morgan fingerprint density at radius 2 is 1.65 bits per heavy atom. The second-order valence-electron chi connectivity index (χ2n) is 8.86. The summed E-state index contributed by atoms with van der Waals surface area (Å²) in [7, 11) is 0. The molecule has 5 rings (SSSR count). The summed E-state index contributed by atoms with van der Waals surface area (Å²) >= 11 is 0. The standard InChI is InChI=1S/C22H31N9/c1-15(2)31-18-11-19(24-13-16(18)14-25-31)26-22-27-20(29-7-3-4-8-29)12-21(28-22)30-9-5-17(23)6-10-30/h11-15,17H,3-10,23H2,1-2H3,(H,24,26,27,28).